The highest BCUT2D eigenvalue weighted by Crippen LogP contribution is 2.30. The van der Waals surface area contributed by atoms with Crippen molar-refractivity contribution in [3.63, 3.8) is 0 Å². The first-order valence-electron chi connectivity index (χ1n) is 7.82. The Morgan fingerprint density at radius 3 is 2.13 bits per heavy atom. The summed E-state index contributed by atoms with van der Waals surface area (Å²) in [4.78, 5) is 24.0. The van der Waals surface area contributed by atoms with Crippen LogP contribution in [0.3, 0.4) is 0 Å². The summed E-state index contributed by atoms with van der Waals surface area (Å²) in [5.74, 6) is 0.0772. The summed E-state index contributed by atoms with van der Waals surface area (Å²) in [6.45, 7) is 4.05. The molecule has 2 N–H and O–H groups in total. The summed E-state index contributed by atoms with van der Waals surface area (Å²) >= 11 is 0. The number of benzene rings is 2. The molecule has 3 rings (SSSR count). The Balaban J connectivity index is 1.64. The van der Waals surface area contributed by atoms with Crippen LogP contribution in [0.25, 0.3) is 0 Å². The van der Waals surface area contributed by atoms with Crippen molar-refractivity contribution < 1.29 is 9.59 Å². The summed E-state index contributed by atoms with van der Waals surface area (Å²) in [5.41, 5.74) is 4.40. The van der Waals surface area contributed by atoms with Crippen LogP contribution in [0.5, 0.6) is 0 Å². The smallest absolute Gasteiger partial charge is 0.255 e. The molecular weight excluding hydrogens is 288 g/mol. The average Bonchev–Trinajstić information content (AvgIpc) is 3.36. The zero-order valence-electron chi connectivity index (χ0n) is 13.3. The van der Waals surface area contributed by atoms with E-state index in [1.807, 2.05) is 32.0 Å². The van der Waals surface area contributed by atoms with Gasteiger partial charge in [-0.15, -0.1) is 0 Å². The Hall–Kier alpha value is -2.62. The highest BCUT2D eigenvalue weighted by molar-refractivity contribution is 6.04. The van der Waals surface area contributed by atoms with Crippen molar-refractivity contribution in [1.82, 2.24) is 0 Å². The van der Waals surface area contributed by atoms with E-state index in [2.05, 4.69) is 10.6 Å². The summed E-state index contributed by atoms with van der Waals surface area (Å²) in [7, 11) is 0. The molecule has 4 nitrogen and oxygen atoms in total. The normalized spacial score (nSPS) is 13.5. The second kappa shape index (κ2) is 6.24. The van der Waals surface area contributed by atoms with Gasteiger partial charge in [-0.1, -0.05) is 6.07 Å². The molecule has 1 fully saturated rings. The molecule has 0 saturated heterocycles. The maximum atomic E-state index is 12.3. The minimum absolute atomic E-state index is 0.0670. The molecule has 0 spiro atoms. The number of carbonyl (C=O) groups excluding carboxylic acids is 2. The van der Waals surface area contributed by atoms with E-state index >= 15 is 0 Å². The number of hydrogen-bond donors (Lipinski definition) is 2. The fourth-order valence-electron chi connectivity index (χ4n) is 2.32. The van der Waals surface area contributed by atoms with E-state index in [0.29, 0.717) is 5.56 Å². The van der Waals surface area contributed by atoms with Crippen molar-refractivity contribution in [2.45, 2.75) is 26.7 Å². The molecular formula is C19H20N2O2. The first-order valence-corrected chi connectivity index (χ1v) is 7.82. The molecule has 0 unspecified atom stereocenters. The van der Waals surface area contributed by atoms with E-state index in [1.54, 1.807) is 24.3 Å². The molecule has 0 atom stereocenters. The molecule has 2 aromatic rings. The number of nitrogens with one attached hydrogen (secondary N) is 2. The quantitative estimate of drug-likeness (QED) is 0.900. The fourth-order valence-corrected chi connectivity index (χ4v) is 2.32. The van der Waals surface area contributed by atoms with Crippen LogP contribution in [-0.2, 0) is 4.79 Å². The lowest BCUT2D eigenvalue weighted by atomic mass is 10.1. The highest BCUT2D eigenvalue weighted by Gasteiger charge is 2.29. The molecule has 118 valence electrons. The highest BCUT2D eigenvalue weighted by atomic mass is 16.2. The molecule has 2 aromatic carbocycles. The summed E-state index contributed by atoms with van der Waals surface area (Å²) in [6.07, 6.45) is 1.95. The lowest BCUT2D eigenvalue weighted by Crippen LogP contribution is -2.14. The number of hydrogen-bond acceptors (Lipinski definition) is 2. The van der Waals surface area contributed by atoms with Gasteiger partial charge in [-0.05, 0) is 74.2 Å². The Morgan fingerprint density at radius 1 is 0.870 bits per heavy atom. The lowest BCUT2D eigenvalue weighted by molar-refractivity contribution is -0.117. The third kappa shape index (κ3) is 3.77. The van der Waals surface area contributed by atoms with Gasteiger partial charge >= 0.3 is 0 Å². The van der Waals surface area contributed by atoms with Crippen LogP contribution in [0, 0.1) is 19.8 Å². The molecule has 1 saturated carbocycles. The molecule has 1 aliphatic rings. The zero-order chi connectivity index (χ0) is 16.4. The van der Waals surface area contributed by atoms with Crippen LogP contribution in [0.2, 0.25) is 0 Å². The van der Waals surface area contributed by atoms with Gasteiger partial charge in [0.1, 0.15) is 0 Å². The van der Waals surface area contributed by atoms with E-state index in [-0.39, 0.29) is 17.7 Å². The maximum Gasteiger partial charge on any atom is 0.255 e. The third-order valence-corrected chi connectivity index (χ3v) is 4.13. The first kappa shape index (κ1) is 15.3. The number of rotatable bonds is 4. The molecule has 0 heterocycles. The molecule has 0 aromatic heterocycles. The van der Waals surface area contributed by atoms with E-state index in [1.165, 1.54) is 5.56 Å². The zero-order valence-corrected chi connectivity index (χ0v) is 13.3. The van der Waals surface area contributed by atoms with Gasteiger partial charge < -0.3 is 10.6 Å². The number of aryl methyl sites for hydroxylation is 2. The van der Waals surface area contributed by atoms with Crippen molar-refractivity contribution in [3.8, 4) is 0 Å². The number of carbonyl (C=O) groups is 2. The lowest BCUT2D eigenvalue weighted by Gasteiger charge is -2.09. The fraction of sp³-hybridized carbons (Fsp3) is 0.263. The Labute approximate surface area is 135 Å². The summed E-state index contributed by atoms with van der Waals surface area (Å²) in [5, 5.41) is 5.75. The molecule has 2 amide bonds. The van der Waals surface area contributed by atoms with Crippen molar-refractivity contribution in [1.29, 1.82) is 0 Å². The predicted molar refractivity (Wildman–Crippen MR) is 91.7 cm³/mol. The maximum absolute atomic E-state index is 12.3. The van der Waals surface area contributed by atoms with Crippen molar-refractivity contribution in [2.24, 2.45) is 5.92 Å². The van der Waals surface area contributed by atoms with Crippen molar-refractivity contribution >= 4 is 23.2 Å². The van der Waals surface area contributed by atoms with Crippen molar-refractivity contribution in [2.75, 3.05) is 10.6 Å². The summed E-state index contributed by atoms with van der Waals surface area (Å²) < 4.78 is 0. The van der Waals surface area contributed by atoms with Crippen LogP contribution >= 0.6 is 0 Å². The largest absolute Gasteiger partial charge is 0.326 e. The van der Waals surface area contributed by atoms with E-state index in [4.69, 9.17) is 0 Å². The van der Waals surface area contributed by atoms with E-state index in [0.717, 1.165) is 29.8 Å². The van der Waals surface area contributed by atoms with E-state index in [9.17, 15) is 9.59 Å². The molecule has 23 heavy (non-hydrogen) atoms. The second-order valence-corrected chi connectivity index (χ2v) is 6.09. The van der Waals surface area contributed by atoms with Crippen LogP contribution in [0.1, 0.15) is 34.3 Å². The molecule has 0 aliphatic heterocycles. The molecule has 4 heteroatoms. The predicted octanol–water partition coefficient (Wildman–Crippen LogP) is 3.90. The molecule has 0 bridgehead atoms. The first-order chi connectivity index (χ1) is 11.0. The Kier molecular flexibility index (Phi) is 4.15. The van der Waals surface area contributed by atoms with Gasteiger partial charge in [0.2, 0.25) is 5.91 Å². The summed E-state index contributed by atoms with van der Waals surface area (Å²) in [6, 6.07) is 12.8. The molecule has 0 radical (unpaired) electrons. The Morgan fingerprint density at radius 2 is 1.52 bits per heavy atom. The van der Waals surface area contributed by atoms with Gasteiger partial charge in [-0.2, -0.15) is 0 Å². The van der Waals surface area contributed by atoms with Gasteiger partial charge in [-0.25, -0.2) is 0 Å². The topological polar surface area (TPSA) is 58.2 Å². The number of anilines is 2. The molecule has 1 aliphatic carbocycles. The van der Waals surface area contributed by atoms with Crippen LogP contribution in [0.4, 0.5) is 11.4 Å². The van der Waals surface area contributed by atoms with E-state index < -0.39 is 0 Å². The van der Waals surface area contributed by atoms with Crippen LogP contribution in [0.15, 0.2) is 42.5 Å². The second-order valence-electron chi connectivity index (χ2n) is 6.09. The van der Waals surface area contributed by atoms with Gasteiger partial charge in [0, 0.05) is 22.9 Å². The minimum Gasteiger partial charge on any atom is -0.326 e. The average molecular weight is 308 g/mol. The third-order valence-electron chi connectivity index (χ3n) is 4.13. The van der Waals surface area contributed by atoms with Gasteiger partial charge in [0.15, 0.2) is 0 Å². The monoisotopic (exact) mass is 308 g/mol. The van der Waals surface area contributed by atoms with Gasteiger partial charge in [0.25, 0.3) is 5.91 Å². The van der Waals surface area contributed by atoms with Crippen LogP contribution in [-0.4, -0.2) is 11.8 Å². The van der Waals surface area contributed by atoms with Crippen molar-refractivity contribution in [3.05, 3.63) is 59.2 Å². The van der Waals surface area contributed by atoms with Gasteiger partial charge in [0.05, 0.1) is 0 Å². The van der Waals surface area contributed by atoms with Gasteiger partial charge in [-0.3, -0.25) is 9.59 Å². The van der Waals surface area contributed by atoms with Crippen LogP contribution < -0.4 is 10.6 Å². The number of amides is 2. The standard InChI is InChI=1S/C19H20N2O2/c1-12-3-8-17(11-13(12)2)21-19(23)15-6-9-16(10-7-15)20-18(22)14-4-5-14/h3,6-11,14H,4-5H2,1-2H3,(H,20,22)(H,21,23). The minimum atomic E-state index is -0.159. The Bertz CT molecular complexity index is 746. The SMILES string of the molecule is Cc1ccc(NC(=O)c2ccc(NC(=O)C3CC3)cc2)cc1C.